The number of benzene rings is 1. The molecule has 2 aliphatic rings. The Balaban J connectivity index is 1.49. The molecule has 0 radical (unpaired) electrons. The van der Waals surface area contributed by atoms with Crippen LogP contribution in [-0.2, 0) is 20.9 Å². The number of esters is 1. The van der Waals surface area contributed by atoms with Crippen LogP contribution < -0.4 is 0 Å². The van der Waals surface area contributed by atoms with Crippen molar-refractivity contribution in [3.05, 3.63) is 42.1 Å². The summed E-state index contributed by atoms with van der Waals surface area (Å²) in [6, 6.07) is 10.2. The van der Waals surface area contributed by atoms with Gasteiger partial charge < -0.3 is 9.64 Å². The number of piperidine rings is 1. The number of H-pyrrole nitrogens is 1. The molecule has 0 aliphatic carbocycles. The van der Waals surface area contributed by atoms with Gasteiger partial charge in [-0.05, 0) is 25.3 Å². The van der Waals surface area contributed by atoms with Gasteiger partial charge in [-0.25, -0.2) is 0 Å². The molecule has 4 rings (SSSR count). The molecule has 1 aromatic carbocycles. The van der Waals surface area contributed by atoms with Crippen molar-refractivity contribution in [3.63, 3.8) is 0 Å². The summed E-state index contributed by atoms with van der Waals surface area (Å²) < 4.78 is 5.04. The molecule has 0 saturated carbocycles. The molecule has 2 saturated heterocycles. The number of likely N-dealkylation sites (tertiary alicyclic amines) is 2. The Morgan fingerprint density at radius 1 is 1.28 bits per heavy atom. The van der Waals surface area contributed by atoms with E-state index in [0.717, 1.165) is 49.3 Å². The lowest BCUT2D eigenvalue weighted by Crippen LogP contribution is -2.57. The van der Waals surface area contributed by atoms with Gasteiger partial charge in [-0.15, -0.1) is 0 Å². The Morgan fingerprint density at radius 2 is 2.00 bits per heavy atom. The first-order chi connectivity index (χ1) is 14.1. The molecule has 1 spiro atoms. The van der Waals surface area contributed by atoms with Crippen LogP contribution in [0.15, 0.2) is 36.5 Å². The highest BCUT2D eigenvalue weighted by molar-refractivity contribution is 5.89. The second kappa shape index (κ2) is 7.99. The molecule has 7 heteroatoms. The standard InChI is InChI=1S/C22H28N4O3/c1-3-26-19(27)13-18(21(28)29-2)22(26)9-11-25(12-10-22)15-17-14-23-24-20(17)16-7-5-4-6-8-16/h4-8,14,18H,3,9-13,15H2,1-2H3,(H,23,24). The van der Waals surface area contributed by atoms with Crippen LogP contribution in [0.4, 0.5) is 0 Å². The van der Waals surface area contributed by atoms with Crippen molar-refractivity contribution in [3.8, 4) is 11.3 Å². The number of hydrogen-bond donors (Lipinski definition) is 1. The summed E-state index contributed by atoms with van der Waals surface area (Å²) in [5.74, 6) is -0.558. The molecule has 2 aliphatic heterocycles. The minimum atomic E-state index is -0.409. The molecule has 1 N–H and O–H groups in total. The van der Waals surface area contributed by atoms with E-state index in [1.165, 1.54) is 7.11 Å². The number of amides is 1. The topological polar surface area (TPSA) is 78.5 Å². The highest BCUT2D eigenvalue weighted by Crippen LogP contribution is 2.44. The van der Waals surface area contributed by atoms with Crippen molar-refractivity contribution < 1.29 is 14.3 Å². The lowest BCUT2D eigenvalue weighted by molar-refractivity contribution is -0.150. The summed E-state index contributed by atoms with van der Waals surface area (Å²) in [6.07, 6.45) is 3.72. The first kappa shape index (κ1) is 19.6. The van der Waals surface area contributed by atoms with E-state index in [2.05, 4.69) is 27.2 Å². The number of nitrogens with one attached hydrogen (secondary N) is 1. The first-order valence-electron chi connectivity index (χ1n) is 10.3. The quantitative estimate of drug-likeness (QED) is 0.786. The number of aromatic nitrogens is 2. The molecule has 7 nitrogen and oxygen atoms in total. The first-order valence-corrected chi connectivity index (χ1v) is 10.3. The van der Waals surface area contributed by atoms with E-state index >= 15 is 0 Å². The summed E-state index contributed by atoms with van der Waals surface area (Å²) in [4.78, 5) is 29.2. The summed E-state index contributed by atoms with van der Waals surface area (Å²) in [6.45, 7) is 5.07. The van der Waals surface area contributed by atoms with Crippen molar-refractivity contribution >= 4 is 11.9 Å². The van der Waals surface area contributed by atoms with E-state index < -0.39 is 5.54 Å². The molecule has 29 heavy (non-hydrogen) atoms. The SMILES string of the molecule is CCN1C(=O)CC(C(=O)OC)C12CCN(Cc1cn[nH]c1-c1ccccc1)CC2. The predicted octanol–water partition coefficient (Wildman–Crippen LogP) is 2.45. The molecule has 2 fully saturated rings. The van der Waals surface area contributed by atoms with E-state index in [9.17, 15) is 9.59 Å². The maximum Gasteiger partial charge on any atom is 0.311 e. The van der Waals surface area contributed by atoms with E-state index in [0.29, 0.717) is 6.54 Å². The van der Waals surface area contributed by atoms with Gasteiger partial charge in [-0.3, -0.25) is 19.6 Å². The van der Waals surface area contributed by atoms with Crippen LogP contribution in [0.5, 0.6) is 0 Å². The fourth-order valence-electron chi connectivity index (χ4n) is 5.09. The maximum absolute atomic E-state index is 12.5. The van der Waals surface area contributed by atoms with Crippen LogP contribution in [0.25, 0.3) is 11.3 Å². The van der Waals surface area contributed by atoms with Gasteiger partial charge in [0.05, 0.1) is 30.5 Å². The smallest absolute Gasteiger partial charge is 0.311 e. The number of nitrogens with zero attached hydrogens (tertiary/aromatic N) is 3. The van der Waals surface area contributed by atoms with Crippen LogP contribution in [0.3, 0.4) is 0 Å². The largest absolute Gasteiger partial charge is 0.469 e. The fourth-order valence-corrected chi connectivity index (χ4v) is 5.09. The van der Waals surface area contributed by atoms with Crippen molar-refractivity contribution in [2.24, 2.45) is 5.92 Å². The molecule has 154 valence electrons. The minimum Gasteiger partial charge on any atom is -0.469 e. The Bertz CT molecular complexity index is 869. The van der Waals surface area contributed by atoms with Gasteiger partial charge in [0.15, 0.2) is 0 Å². The van der Waals surface area contributed by atoms with Crippen LogP contribution in [-0.4, -0.2) is 64.2 Å². The number of aromatic amines is 1. The number of methoxy groups -OCH3 is 1. The molecule has 0 bridgehead atoms. The lowest BCUT2D eigenvalue weighted by atomic mass is 9.76. The van der Waals surface area contributed by atoms with E-state index in [-0.39, 0.29) is 24.2 Å². The minimum absolute atomic E-state index is 0.0672. The molecule has 3 heterocycles. The van der Waals surface area contributed by atoms with E-state index in [1.54, 1.807) is 0 Å². The number of rotatable bonds is 5. The Labute approximate surface area is 171 Å². The molecule has 1 unspecified atom stereocenters. The summed E-state index contributed by atoms with van der Waals surface area (Å²) in [5.41, 5.74) is 2.92. The second-order valence-electron chi connectivity index (χ2n) is 7.93. The zero-order valence-electron chi connectivity index (χ0n) is 17.1. The average molecular weight is 396 g/mol. The Morgan fingerprint density at radius 3 is 2.66 bits per heavy atom. The van der Waals surface area contributed by atoms with Crippen molar-refractivity contribution in [1.82, 2.24) is 20.0 Å². The lowest BCUT2D eigenvalue weighted by Gasteiger charge is -2.46. The van der Waals surface area contributed by atoms with Crippen molar-refractivity contribution in [2.75, 3.05) is 26.7 Å². The number of carbonyl (C=O) groups is 2. The molecule has 2 aromatic rings. The number of carbonyl (C=O) groups excluding carboxylic acids is 2. The summed E-state index contributed by atoms with van der Waals surface area (Å²) in [5, 5.41) is 7.37. The second-order valence-corrected chi connectivity index (χ2v) is 7.93. The molecular formula is C22H28N4O3. The third-order valence-corrected chi connectivity index (χ3v) is 6.56. The van der Waals surface area contributed by atoms with Crippen molar-refractivity contribution in [2.45, 2.75) is 38.3 Å². The third kappa shape index (κ3) is 3.44. The highest BCUT2D eigenvalue weighted by atomic mass is 16.5. The highest BCUT2D eigenvalue weighted by Gasteiger charge is 2.56. The molecule has 1 amide bonds. The van der Waals surface area contributed by atoms with Crippen LogP contribution in [0, 0.1) is 5.92 Å². The van der Waals surface area contributed by atoms with E-state index in [4.69, 9.17) is 4.74 Å². The molecule has 1 atom stereocenters. The van der Waals surface area contributed by atoms with Crippen LogP contribution in [0.1, 0.15) is 31.7 Å². The van der Waals surface area contributed by atoms with Gasteiger partial charge in [-0.2, -0.15) is 5.10 Å². The third-order valence-electron chi connectivity index (χ3n) is 6.56. The molecular weight excluding hydrogens is 368 g/mol. The summed E-state index contributed by atoms with van der Waals surface area (Å²) >= 11 is 0. The van der Waals surface area contributed by atoms with E-state index in [1.807, 2.05) is 36.2 Å². The van der Waals surface area contributed by atoms with Gasteiger partial charge in [0.1, 0.15) is 0 Å². The Hall–Kier alpha value is -2.67. The normalized spacial score (nSPS) is 21.7. The van der Waals surface area contributed by atoms with Gasteiger partial charge in [0.2, 0.25) is 5.91 Å². The van der Waals surface area contributed by atoms with Crippen LogP contribution in [0.2, 0.25) is 0 Å². The number of hydrogen-bond acceptors (Lipinski definition) is 5. The van der Waals surface area contributed by atoms with Gasteiger partial charge in [0.25, 0.3) is 0 Å². The van der Waals surface area contributed by atoms with Crippen LogP contribution >= 0.6 is 0 Å². The monoisotopic (exact) mass is 396 g/mol. The zero-order valence-corrected chi connectivity index (χ0v) is 17.1. The fraction of sp³-hybridized carbons (Fsp3) is 0.500. The number of ether oxygens (including phenoxy) is 1. The average Bonchev–Trinajstić information content (AvgIpc) is 3.32. The van der Waals surface area contributed by atoms with Gasteiger partial charge in [-0.1, -0.05) is 30.3 Å². The van der Waals surface area contributed by atoms with Crippen molar-refractivity contribution in [1.29, 1.82) is 0 Å². The zero-order chi connectivity index (χ0) is 20.4. The summed E-state index contributed by atoms with van der Waals surface area (Å²) in [7, 11) is 1.41. The van der Waals surface area contributed by atoms with Gasteiger partial charge >= 0.3 is 5.97 Å². The maximum atomic E-state index is 12.5. The predicted molar refractivity (Wildman–Crippen MR) is 109 cm³/mol. The van der Waals surface area contributed by atoms with Gasteiger partial charge in [0, 0.05) is 38.2 Å². The molecule has 1 aromatic heterocycles. The Kier molecular flexibility index (Phi) is 5.41.